The van der Waals surface area contributed by atoms with Gasteiger partial charge in [0.15, 0.2) is 5.96 Å². The van der Waals surface area contributed by atoms with Crippen molar-refractivity contribution in [2.24, 2.45) is 10.7 Å². The maximum atomic E-state index is 11.9. The van der Waals surface area contributed by atoms with Crippen molar-refractivity contribution in [1.82, 2.24) is 9.62 Å². The first-order valence-corrected chi connectivity index (χ1v) is 10.0. The quantitative estimate of drug-likeness (QED) is 0.580. The molecule has 0 saturated carbocycles. The van der Waals surface area contributed by atoms with Gasteiger partial charge in [0.1, 0.15) is 0 Å². The third kappa shape index (κ3) is 5.86. The van der Waals surface area contributed by atoms with Crippen LogP contribution in [0.25, 0.3) is 0 Å². The molecule has 1 aromatic rings. The Morgan fingerprint density at radius 2 is 1.95 bits per heavy atom. The van der Waals surface area contributed by atoms with Gasteiger partial charge in [-0.25, -0.2) is 13.1 Å². The van der Waals surface area contributed by atoms with Crippen LogP contribution in [0.15, 0.2) is 35.3 Å². The lowest BCUT2D eigenvalue weighted by Gasteiger charge is -2.27. The van der Waals surface area contributed by atoms with Crippen LogP contribution in [0.5, 0.6) is 0 Å². The molecule has 0 atom stereocenters. The summed E-state index contributed by atoms with van der Waals surface area (Å²) in [6, 6.07) is 9.42. The third-order valence-electron chi connectivity index (χ3n) is 3.31. The van der Waals surface area contributed by atoms with Crippen LogP contribution in [0.1, 0.15) is 5.56 Å². The highest BCUT2D eigenvalue weighted by molar-refractivity contribution is 7.99. The van der Waals surface area contributed by atoms with Crippen molar-refractivity contribution in [3.8, 4) is 0 Å². The van der Waals surface area contributed by atoms with Crippen LogP contribution >= 0.6 is 11.8 Å². The molecule has 0 aliphatic carbocycles. The zero-order chi connectivity index (χ0) is 15.8. The second kappa shape index (κ2) is 8.40. The summed E-state index contributed by atoms with van der Waals surface area (Å²) in [7, 11) is -3.34. The molecule has 1 heterocycles. The highest BCUT2D eigenvalue weighted by Gasteiger charge is 2.13. The van der Waals surface area contributed by atoms with Crippen molar-refractivity contribution in [2.45, 2.75) is 6.54 Å². The van der Waals surface area contributed by atoms with Crippen LogP contribution in [0.2, 0.25) is 0 Å². The summed E-state index contributed by atoms with van der Waals surface area (Å²) in [6.45, 7) is 2.23. The fourth-order valence-corrected chi connectivity index (χ4v) is 3.80. The van der Waals surface area contributed by atoms with Crippen LogP contribution in [0.3, 0.4) is 0 Å². The standard InChI is InChI=1S/C14H22N4O2S2/c15-14(18-7-9-21-10-8-18)16-6-11-22(19,20)17-12-13-4-2-1-3-5-13/h1-5,17H,6-12H2,(H2,15,16). The minimum absolute atomic E-state index is 0.0525. The van der Waals surface area contributed by atoms with Gasteiger partial charge in [-0.05, 0) is 5.56 Å². The van der Waals surface area contributed by atoms with E-state index in [1.165, 1.54) is 0 Å². The number of rotatable bonds is 6. The van der Waals surface area contributed by atoms with E-state index in [0.717, 1.165) is 30.2 Å². The second-order valence-electron chi connectivity index (χ2n) is 4.96. The Morgan fingerprint density at radius 3 is 2.64 bits per heavy atom. The minimum atomic E-state index is -3.34. The van der Waals surface area contributed by atoms with Gasteiger partial charge < -0.3 is 10.6 Å². The van der Waals surface area contributed by atoms with Crippen molar-refractivity contribution >= 4 is 27.7 Å². The highest BCUT2D eigenvalue weighted by atomic mass is 32.2. The number of nitrogens with two attached hydrogens (primary N) is 1. The van der Waals surface area contributed by atoms with E-state index in [0.29, 0.717) is 12.5 Å². The molecule has 1 aliphatic rings. The van der Waals surface area contributed by atoms with Crippen molar-refractivity contribution in [3.63, 3.8) is 0 Å². The molecule has 8 heteroatoms. The molecule has 1 aliphatic heterocycles. The molecule has 22 heavy (non-hydrogen) atoms. The molecule has 0 aromatic heterocycles. The first-order chi connectivity index (χ1) is 10.6. The SMILES string of the molecule is NC(=NCCS(=O)(=O)NCc1ccccc1)N1CCSCC1. The van der Waals surface area contributed by atoms with E-state index in [9.17, 15) is 8.42 Å². The topological polar surface area (TPSA) is 87.8 Å². The molecule has 1 fully saturated rings. The maximum absolute atomic E-state index is 11.9. The lowest BCUT2D eigenvalue weighted by atomic mass is 10.2. The summed E-state index contributed by atoms with van der Waals surface area (Å²) in [5.74, 6) is 2.46. The van der Waals surface area contributed by atoms with Gasteiger partial charge in [-0.15, -0.1) is 0 Å². The molecule has 1 saturated heterocycles. The number of aliphatic imine (C=N–C) groups is 1. The Morgan fingerprint density at radius 1 is 1.27 bits per heavy atom. The highest BCUT2D eigenvalue weighted by Crippen LogP contribution is 2.08. The number of benzene rings is 1. The summed E-state index contributed by atoms with van der Waals surface area (Å²) in [5, 5.41) is 0. The number of sulfonamides is 1. The molecular weight excluding hydrogens is 320 g/mol. The van der Waals surface area contributed by atoms with Gasteiger partial charge in [-0.2, -0.15) is 11.8 Å². The molecular formula is C14H22N4O2S2. The molecule has 3 N–H and O–H groups in total. The van der Waals surface area contributed by atoms with Gasteiger partial charge in [0, 0.05) is 31.1 Å². The largest absolute Gasteiger partial charge is 0.370 e. The first-order valence-electron chi connectivity index (χ1n) is 7.21. The van der Waals surface area contributed by atoms with Gasteiger partial charge in [0.05, 0.1) is 12.3 Å². The molecule has 122 valence electrons. The van der Waals surface area contributed by atoms with Crippen molar-refractivity contribution in [2.75, 3.05) is 36.9 Å². The van der Waals surface area contributed by atoms with Crippen LogP contribution in [-0.2, 0) is 16.6 Å². The zero-order valence-corrected chi connectivity index (χ0v) is 14.1. The Bertz CT molecular complexity index is 584. The molecule has 0 spiro atoms. The van der Waals surface area contributed by atoms with Crippen LogP contribution < -0.4 is 10.5 Å². The van der Waals surface area contributed by atoms with Crippen molar-refractivity contribution in [1.29, 1.82) is 0 Å². The number of thioether (sulfide) groups is 1. The smallest absolute Gasteiger partial charge is 0.213 e. The van der Waals surface area contributed by atoms with Gasteiger partial charge in [-0.1, -0.05) is 30.3 Å². The van der Waals surface area contributed by atoms with E-state index in [1.54, 1.807) is 0 Å². The Hall–Kier alpha value is -1.25. The fraction of sp³-hybridized carbons (Fsp3) is 0.500. The fourth-order valence-electron chi connectivity index (χ4n) is 2.03. The summed E-state index contributed by atoms with van der Waals surface area (Å²) < 4.78 is 26.4. The monoisotopic (exact) mass is 342 g/mol. The third-order valence-corrected chi connectivity index (χ3v) is 5.55. The molecule has 1 aromatic carbocycles. The number of hydrogen-bond acceptors (Lipinski definition) is 4. The summed E-state index contributed by atoms with van der Waals surface area (Å²) in [5.41, 5.74) is 6.82. The van der Waals surface area contributed by atoms with E-state index in [-0.39, 0.29) is 12.3 Å². The average molecular weight is 342 g/mol. The van der Waals surface area contributed by atoms with E-state index >= 15 is 0 Å². The summed E-state index contributed by atoms with van der Waals surface area (Å²) in [6.07, 6.45) is 0. The van der Waals surface area contributed by atoms with Crippen molar-refractivity contribution < 1.29 is 8.42 Å². The predicted octanol–water partition coefficient (Wildman–Crippen LogP) is 0.470. The lowest BCUT2D eigenvalue weighted by molar-refractivity contribution is 0.456. The minimum Gasteiger partial charge on any atom is -0.370 e. The van der Waals surface area contributed by atoms with E-state index in [2.05, 4.69) is 9.71 Å². The molecule has 0 bridgehead atoms. The van der Waals surface area contributed by atoms with Gasteiger partial charge in [0.25, 0.3) is 0 Å². The number of hydrogen-bond donors (Lipinski definition) is 2. The van der Waals surface area contributed by atoms with E-state index in [4.69, 9.17) is 5.73 Å². The van der Waals surface area contributed by atoms with Crippen LogP contribution in [0.4, 0.5) is 0 Å². The second-order valence-corrected chi connectivity index (χ2v) is 8.12. The summed E-state index contributed by atoms with van der Waals surface area (Å²) >= 11 is 1.89. The van der Waals surface area contributed by atoms with Gasteiger partial charge >= 0.3 is 0 Å². The van der Waals surface area contributed by atoms with Gasteiger partial charge in [0.2, 0.25) is 10.0 Å². The molecule has 0 unspecified atom stereocenters. The zero-order valence-electron chi connectivity index (χ0n) is 12.4. The van der Waals surface area contributed by atoms with Crippen LogP contribution in [-0.4, -0.2) is 56.2 Å². The lowest BCUT2D eigenvalue weighted by Crippen LogP contribution is -2.43. The predicted molar refractivity (Wildman–Crippen MR) is 92.5 cm³/mol. The number of nitrogens with zero attached hydrogens (tertiary/aromatic N) is 2. The van der Waals surface area contributed by atoms with Crippen molar-refractivity contribution in [3.05, 3.63) is 35.9 Å². The summed E-state index contributed by atoms with van der Waals surface area (Å²) in [4.78, 5) is 6.18. The normalized spacial score (nSPS) is 16.7. The van der Waals surface area contributed by atoms with Crippen LogP contribution in [0, 0.1) is 0 Å². The van der Waals surface area contributed by atoms with E-state index in [1.807, 2.05) is 47.0 Å². The average Bonchev–Trinajstić information content (AvgIpc) is 2.55. The molecule has 6 nitrogen and oxygen atoms in total. The number of nitrogens with one attached hydrogen (secondary N) is 1. The first kappa shape index (κ1) is 17.1. The Labute approximate surface area is 136 Å². The Balaban J connectivity index is 1.77. The molecule has 0 amide bonds. The van der Waals surface area contributed by atoms with Gasteiger partial charge in [-0.3, -0.25) is 4.99 Å². The van der Waals surface area contributed by atoms with E-state index < -0.39 is 10.0 Å². The Kier molecular flexibility index (Phi) is 6.53. The maximum Gasteiger partial charge on any atom is 0.213 e. The molecule has 2 rings (SSSR count). The number of guanidine groups is 1. The molecule has 0 radical (unpaired) electrons.